The molecule has 1 aromatic heterocycles. The molecule has 1 saturated heterocycles. The Balaban J connectivity index is 1.26. The number of aryl methyl sites for hydroxylation is 1. The lowest BCUT2D eigenvalue weighted by Gasteiger charge is -2.43. The van der Waals surface area contributed by atoms with Gasteiger partial charge in [0.15, 0.2) is 0 Å². The van der Waals surface area contributed by atoms with Gasteiger partial charge in [-0.25, -0.2) is 4.79 Å². The van der Waals surface area contributed by atoms with E-state index in [0.717, 1.165) is 42.9 Å². The van der Waals surface area contributed by atoms with Crippen molar-refractivity contribution in [3.63, 3.8) is 0 Å². The molecule has 5 heteroatoms. The van der Waals surface area contributed by atoms with Crippen molar-refractivity contribution in [2.24, 2.45) is 0 Å². The molecular weight excluding hydrogens is 394 g/mol. The number of aromatic amines is 1. The fourth-order valence-electron chi connectivity index (χ4n) is 6.42. The van der Waals surface area contributed by atoms with E-state index in [1.807, 2.05) is 22.8 Å². The van der Waals surface area contributed by atoms with Gasteiger partial charge in [-0.15, -0.1) is 0 Å². The van der Waals surface area contributed by atoms with Crippen molar-refractivity contribution in [1.29, 1.82) is 0 Å². The fraction of sp³-hybridized carbons (Fsp3) is 0.480. The van der Waals surface area contributed by atoms with Crippen molar-refractivity contribution in [3.8, 4) is 0 Å². The van der Waals surface area contributed by atoms with Gasteiger partial charge in [0.05, 0.1) is 11.0 Å². The van der Waals surface area contributed by atoms with E-state index in [1.54, 1.807) is 16.7 Å². The van der Waals surface area contributed by atoms with Crippen LogP contribution in [0.25, 0.3) is 11.0 Å². The monoisotopic (exact) mass is 421 g/mol. The summed E-state index contributed by atoms with van der Waals surface area (Å²) >= 11 is 6.22. The Kier molecular flexibility index (Phi) is 4.54. The van der Waals surface area contributed by atoms with Gasteiger partial charge in [0.2, 0.25) is 0 Å². The van der Waals surface area contributed by atoms with Crippen molar-refractivity contribution in [2.45, 2.75) is 62.9 Å². The van der Waals surface area contributed by atoms with E-state index >= 15 is 0 Å². The maximum atomic E-state index is 12.7. The number of aromatic nitrogens is 2. The molecule has 30 heavy (non-hydrogen) atoms. The van der Waals surface area contributed by atoms with E-state index < -0.39 is 0 Å². The number of rotatable bonds is 2. The van der Waals surface area contributed by atoms with Gasteiger partial charge in [0, 0.05) is 30.2 Å². The molecule has 2 atom stereocenters. The first-order valence-corrected chi connectivity index (χ1v) is 11.8. The quantitative estimate of drug-likeness (QED) is 0.587. The number of imidazole rings is 1. The third-order valence-corrected chi connectivity index (χ3v) is 8.00. The molecule has 0 radical (unpaired) electrons. The first kappa shape index (κ1) is 18.7. The second-order valence-corrected chi connectivity index (χ2v) is 9.77. The molecule has 1 fully saturated rings. The standard InChI is InChI=1S/C25H28ClN3O/c26-18-8-9-21-23(15-18)29(25(30)27-21)19-11-13-28(14-12-19)22-10-7-17-4-1-3-16-5-2-6-20(22)24(16)17/h2,5-6,8-9,15,17,19,22H,1,3-4,7,10-14H2,(H,27,30). The van der Waals surface area contributed by atoms with Gasteiger partial charge in [-0.1, -0.05) is 29.8 Å². The Hall–Kier alpha value is -2.04. The van der Waals surface area contributed by atoms with Crippen LogP contribution in [0, 0.1) is 0 Å². The van der Waals surface area contributed by atoms with Gasteiger partial charge in [0.25, 0.3) is 0 Å². The first-order chi connectivity index (χ1) is 14.7. The highest BCUT2D eigenvalue weighted by atomic mass is 35.5. The molecule has 2 heterocycles. The van der Waals surface area contributed by atoms with Crippen LogP contribution in [-0.4, -0.2) is 27.5 Å². The average Bonchev–Trinajstić information content (AvgIpc) is 3.09. The lowest BCUT2D eigenvalue weighted by atomic mass is 9.71. The highest BCUT2D eigenvalue weighted by Crippen LogP contribution is 2.47. The molecule has 0 bridgehead atoms. The van der Waals surface area contributed by atoms with Crippen molar-refractivity contribution in [1.82, 2.24) is 14.5 Å². The molecule has 2 aliphatic carbocycles. The Morgan fingerprint density at radius 2 is 1.87 bits per heavy atom. The number of halogens is 1. The summed E-state index contributed by atoms with van der Waals surface area (Å²) in [5, 5.41) is 0.679. The van der Waals surface area contributed by atoms with Crippen LogP contribution in [0.4, 0.5) is 0 Å². The van der Waals surface area contributed by atoms with Gasteiger partial charge in [-0.2, -0.15) is 0 Å². The Morgan fingerprint density at radius 3 is 2.73 bits per heavy atom. The summed E-state index contributed by atoms with van der Waals surface area (Å²) < 4.78 is 1.94. The third-order valence-electron chi connectivity index (χ3n) is 7.77. The van der Waals surface area contributed by atoms with Crippen LogP contribution in [0.2, 0.25) is 5.02 Å². The summed E-state index contributed by atoms with van der Waals surface area (Å²) in [7, 11) is 0. The molecule has 2 unspecified atom stereocenters. The summed E-state index contributed by atoms with van der Waals surface area (Å²) in [5.41, 5.74) is 6.68. The van der Waals surface area contributed by atoms with E-state index in [2.05, 4.69) is 28.1 Å². The predicted molar refractivity (Wildman–Crippen MR) is 122 cm³/mol. The Morgan fingerprint density at radius 1 is 1.00 bits per heavy atom. The molecule has 1 aliphatic heterocycles. The summed E-state index contributed by atoms with van der Waals surface area (Å²) in [5.74, 6) is 0.785. The van der Waals surface area contributed by atoms with Crippen molar-refractivity contribution >= 4 is 22.6 Å². The third kappa shape index (κ3) is 2.96. The number of hydrogen-bond donors (Lipinski definition) is 1. The second-order valence-electron chi connectivity index (χ2n) is 9.33. The Bertz CT molecular complexity index is 1150. The number of nitrogens with one attached hydrogen (secondary N) is 1. The largest absolute Gasteiger partial charge is 0.326 e. The highest BCUT2D eigenvalue weighted by Gasteiger charge is 2.35. The number of fused-ring (bicyclic) bond motifs is 1. The molecule has 156 valence electrons. The normalized spacial score (nSPS) is 24.8. The SMILES string of the molecule is O=c1[nH]c2ccc(Cl)cc2n1C1CCN(C2CCC3CCCc4cccc2c43)CC1. The van der Waals surface area contributed by atoms with E-state index in [9.17, 15) is 4.79 Å². The predicted octanol–water partition coefficient (Wildman–Crippen LogP) is 5.57. The van der Waals surface area contributed by atoms with Gasteiger partial charge in [-0.3, -0.25) is 9.47 Å². The zero-order valence-corrected chi connectivity index (χ0v) is 18.0. The smallest absolute Gasteiger partial charge is 0.306 e. The Labute approximate surface area is 181 Å². The minimum absolute atomic E-state index is 0.0108. The number of nitrogens with zero attached hydrogens (tertiary/aromatic N) is 2. The maximum absolute atomic E-state index is 12.7. The minimum atomic E-state index is -0.0108. The summed E-state index contributed by atoms with van der Waals surface area (Å²) in [6.45, 7) is 2.09. The number of H-pyrrole nitrogens is 1. The van der Waals surface area contributed by atoms with E-state index in [1.165, 1.54) is 32.1 Å². The van der Waals surface area contributed by atoms with E-state index in [4.69, 9.17) is 11.6 Å². The maximum Gasteiger partial charge on any atom is 0.326 e. The fourth-order valence-corrected chi connectivity index (χ4v) is 6.58. The zero-order chi connectivity index (χ0) is 20.2. The van der Waals surface area contributed by atoms with Gasteiger partial charge in [0.1, 0.15) is 0 Å². The minimum Gasteiger partial charge on any atom is -0.306 e. The molecule has 4 nitrogen and oxygen atoms in total. The van der Waals surface area contributed by atoms with Crippen LogP contribution in [0.1, 0.15) is 73.2 Å². The van der Waals surface area contributed by atoms with E-state index in [-0.39, 0.29) is 11.7 Å². The molecule has 1 N–H and O–H groups in total. The molecule has 3 aliphatic rings. The average molecular weight is 422 g/mol. The molecule has 6 rings (SSSR count). The number of likely N-dealkylation sites (tertiary alicyclic amines) is 1. The number of piperidine rings is 1. The van der Waals surface area contributed by atoms with E-state index in [0.29, 0.717) is 11.1 Å². The van der Waals surface area contributed by atoms with Crippen LogP contribution in [0.15, 0.2) is 41.2 Å². The van der Waals surface area contributed by atoms with Gasteiger partial charge in [-0.05, 0) is 85.8 Å². The first-order valence-electron chi connectivity index (χ1n) is 11.4. The van der Waals surface area contributed by atoms with Crippen LogP contribution in [0.3, 0.4) is 0 Å². The van der Waals surface area contributed by atoms with Crippen LogP contribution >= 0.6 is 11.6 Å². The van der Waals surface area contributed by atoms with Crippen molar-refractivity contribution in [2.75, 3.05) is 13.1 Å². The molecule has 2 aromatic carbocycles. The summed E-state index contributed by atoms with van der Waals surface area (Å²) in [4.78, 5) is 18.3. The zero-order valence-electron chi connectivity index (χ0n) is 17.2. The number of hydrogen-bond acceptors (Lipinski definition) is 2. The number of benzene rings is 2. The van der Waals surface area contributed by atoms with Crippen molar-refractivity contribution < 1.29 is 0 Å². The summed E-state index contributed by atoms with van der Waals surface area (Å²) in [6, 6.07) is 13.5. The van der Waals surface area contributed by atoms with Gasteiger partial charge >= 0.3 is 5.69 Å². The van der Waals surface area contributed by atoms with Gasteiger partial charge < -0.3 is 4.98 Å². The van der Waals surface area contributed by atoms with Crippen LogP contribution in [-0.2, 0) is 6.42 Å². The summed E-state index contributed by atoms with van der Waals surface area (Å²) in [6.07, 6.45) is 8.58. The second kappa shape index (κ2) is 7.28. The molecule has 0 spiro atoms. The molecular formula is C25H28ClN3O. The lowest BCUT2D eigenvalue weighted by molar-refractivity contribution is 0.119. The molecule has 0 saturated carbocycles. The van der Waals surface area contributed by atoms with Crippen molar-refractivity contribution in [3.05, 3.63) is 68.6 Å². The highest BCUT2D eigenvalue weighted by molar-refractivity contribution is 6.31. The molecule has 3 aromatic rings. The lowest BCUT2D eigenvalue weighted by Crippen LogP contribution is -2.40. The van der Waals surface area contributed by atoms with Crippen LogP contribution in [0.5, 0.6) is 0 Å². The van der Waals surface area contributed by atoms with Crippen LogP contribution < -0.4 is 5.69 Å². The molecule has 0 amide bonds. The topological polar surface area (TPSA) is 41.0 Å².